The van der Waals surface area contributed by atoms with Crippen LogP contribution in [-0.4, -0.2) is 23.8 Å². The van der Waals surface area contributed by atoms with Crippen molar-refractivity contribution in [1.82, 2.24) is 16.2 Å². The average Bonchev–Trinajstić information content (AvgIpc) is 3.33. The molecule has 6 rings (SSSR count). The van der Waals surface area contributed by atoms with E-state index in [0.717, 1.165) is 19.3 Å². The minimum Gasteiger partial charge on any atom is -0.486 e. The number of hydrogen-bond acceptors (Lipinski definition) is 5. The zero-order valence-corrected chi connectivity index (χ0v) is 20.9. The topological polar surface area (TPSA) is 110 Å². The first-order valence-corrected chi connectivity index (χ1v) is 13.0. The molecule has 1 atom stereocenters. The predicted molar refractivity (Wildman–Crippen MR) is 132 cm³/mol. The van der Waals surface area contributed by atoms with E-state index in [1.54, 1.807) is 6.07 Å². The summed E-state index contributed by atoms with van der Waals surface area (Å²) >= 11 is 0. The van der Waals surface area contributed by atoms with Crippen LogP contribution >= 0.6 is 0 Å². The number of carbonyl (C=O) groups is 3. The van der Waals surface area contributed by atoms with Gasteiger partial charge in [-0.3, -0.25) is 25.2 Å². The Morgan fingerprint density at radius 2 is 1.58 bits per heavy atom. The Morgan fingerprint density at radius 1 is 0.944 bits per heavy atom. The summed E-state index contributed by atoms with van der Waals surface area (Å²) in [4.78, 5) is 38.9. The Bertz CT molecular complexity index is 1070. The van der Waals surface area contributed by atoms with Gasteiger partial charge in [-0.25, -0.2) is 0 Å². The van der Waals surface area contributed by atoms with E-state index < -0.39 is 17.9 Å². The summed E-state index contributed by atoms with van der Waals surface area (Å²) in [7, 11) is 0. The fourth-order valence-electron chi connectivity index (χ4n) is 6.72. The molecule has 1 aromatic carbocycles. The monoisotopic (exact) mass is 493 g/mol. The molecule has 1 aromatic heterocycles. The van der Waals surface area contributed by atoms with Gasteiger partial charge in [0.05, 0.1) is 0 Å². The van der Waals surface area contributed by atoms with Gasteiger partial charge in [-0.1, -0.05) is 32.0 Å². The van der Waals surface area contributed by atoms with Crippen LogP contribution in [0.15, 0.2) is 46.9 Å². The van der Waals surface area contributed by atoms with Crippen LogP contribution in [0.3, 0.4) is 0 Å². The molecule has 0 radical (unpaired) electrons. The largest absolute Gasteiger partial charge is 0.486 e. The highest BCUT2D eigenvalue weighted by Crippen LogP contribution is 2.60. The first-order chi connectivity index (χ1) is 17.3. The van der Waals surface area contributed by atoms with Crippen molar-refractivity contribution in [2.24, 2.45) is 29.1 Å². The molecule has 1 unspecified atom stereocenters. The summed E-state index contributed by atoms with van der Waals surface area (Å²) in [5.74, 6) is 2.00. The molecule has 4 fully saturated rings. The van der Waals surface area contributed by atoms with Crippen molar-refractivity contribution in [1.29, 1.82) is 0 Å². The number of benzene rings is 1. The molecular weight excluding hydrogens is 458 g/mol. The Labute approximate surface area is 211 Å². The summed E-state index contributed by atoms with van der Waals surface area (Å²) in [6.07, 6.45) is 6.55. The van der Waals surface area contributed by atoms with E-state index in [1.165, 1.54) is 25.3 Å². The molecule has 8 heteroatoms. The molecule has 36 heavy (non-hydrogen) atoms. The number of amides is 3. The molecule has 192 valence electrons. The normalized spacial score (nSPS) is 26.9. The van der Waals surface area contributed by atoms with E-state index in [0.29, 0.717) is 29.3 Å². The van der Waals surface area contributed by atoms with E-state index in [2.05, 4.69) is 16.2 Å². The van der Waals surface area contributed by atoms with Crippen molar-refractivity contribution in [3.63, 3.8) is 0 Å². The molecule has 0 spiro atoms. The first-order valence-electron chi connectivity index (χ1n) is 13.0. The third-order valence-corrected chi connectivity index (χ3v) is 8.06. The van der Waals surface area contributed by atoms with Crippen molar-refractivity contribution in [3.8, 4) is 5.75 Å². The number of rotatable bonds is 8. The molecule has 3 N–H and O–H groups in total. The van der Waals surface area contributed by atoms with E-state index in [9.17, 15) is 14.4 Å². The van der Waals surface area contributed by atoms with Crippen molar-refractivity contribution >= 4 is 17.7 Å². The number of carbonyl (C=O) groups excluding carboxylic acids is 3. The minimum atomic E-state index is -0.739. The fourth-order valence-corrected chi connectivity index (χ4v) is 6.72. The maximum Gasteiger partial charge on any atom is 0.305 e. The Kier molecular flexibility index (Phi) is 6.77. The lowest BCUT2D eigenvalue weighted by Gasteiger charge is -2.55. The second-order valence-electron chi connectivity index (χ2n) is 11.2. The Morgan fingerprint density at radius 3 is 2.19 bits per heavy atom. The average molecular weight is 494 g/mol. The van der Waals surface area contributed by atoms with Crippen molar-refractivity contribution in [2.75, 3.05) is 0 Å². The molecule has 4 aliphatic carbocycles. The van der Waals surface area contributed by atoms with E-state index in [4.69, 9.17) is 9.15 Å². The number of ether oxygens (including phenoxy) is 1. The smallest absolute Gasteiger partial charge is 0.305 e. The summed E-state index contributed by atoms with van der Waals surface area (Å²) < 4.78 is 11.2. The van der Waals surface area contributed by atoms with Crippen LogP contribution in [0, 0.1) is 29.1 Å². The van der Waals surface area contributed by atoms with E-state index in [1.807, 2.05) is 44.2 Å². The minimum absolute atomic E-state index is 0.00383. The molecule has 1 heterocycles. The molecule has 0 saturated heterocycles. The highest BCUT2D eigenvalue weighted by atomic mass is 16.5. The number of para-hydroxylation sites is 1. The van der Waals surface area contributed by atoms with Crippen LogP contribution in [0.5, 0.6) is 5.75 Å². The SMILES string of the molecule is CC(C)C(NC(=O)C12CC3CC(CC(C3)C1)C2)C(=O)NNC(=O)c1ccc(COc2ccccc2)o1. The first kappa shape index (κ1) is 24.4. The Hall–Kier alpha value is -3.29. The molecule has 8 nitrogen and oxygen atoms in total. The van der Waals surface area contributed by atoms with E-state index in [-0.39, 0.29) is 29.6 Å². The summed E-state index contributed by atoms with van der Waals surface area (Å²) in [5.41, 5.74) is 4.53. The maximum absolute atomic E-state index is 13.4. The number of hydrazine groups is 1. The lowest BCUT2D eigenvalue weighted by atomic mass is 9.49. The predicted octanol–water partition coefficient (Wildman–Crippen LogP) is 3.98. The highest BCUT2D eigenvalue weighted by molar-refractivity contribution is 5.95. The third-order valence-electron chi connectivity index (χ3n) is 8.06. The second-order valence-corrected chi connectivity index (χ2v) is 11.2. The second kappa shape index (κ2) is 9.99. The number of furan rings is 1. The molecule has 0 aliphatic heterocycles. The van der Waals surface area contributed by atoms with Gasteiger partial charge < -0.3 is 14.5 Å². The van der Waals surface area contributed by atoms with Crippen LogP contribution in [0.4, 0.5) is 0 Å². The van der Waals surface area contributed by atoms with Gasteiger partial charge in [0.15, 0.2) is 5.76 Å². The third kappa shape index (κ3) is 5.13. The van der Waals surface area contributed by atoms with Gasteiger partial charge in [0, 0.05) is 5.41 Å². The van der Waals surface area contributed by atoms with Crippen molar-refractivity contribution in [3.05, 3.63) is 54.0 Å². The highest BCUT2D eigenvalue weighted by Gasteiger charge is 2.55. The quantitative estimate of drug-likeness (QED) is 0.482. The lowest BCUT2D eigenvalue weighted by Crippen LogP contribution is -2.59. The molecule has 2 aromatic rings. The van der Waals surface area contributed by atoms with Gasteiger partial charge >= 0.3 is 5.91 Å². The lowest BCUT2D eigenvalue weighted by molar-refractivity contribution is -0.149. The zero-order chi connectivity index (χ0) is 25.3. The van der Waals surface area contributed by atoms with Gasteiger partial charge in [-0.05, 0) is 86.5 Å². The van der Waals surface area contributed by atoms with Crippen LogP contribution < -0.4 is 20.9 Å². The molecule has 4 saturated carbocycles. The zero-order valence-electron chi connectivity index (χ0n) is 20.9. The van der Waals surface area contributed by atoms with Gasteiger partial charge in [0.25, 0.3) is 5.91 Å². The van der Waals surface area contributed by atoms with Gasteiger partial charge in [0.2, 0.25) is 5.91 Å². The van der Waals surface area contributed by atoms with E-state index >= 15 is 0 Å². The van der Waals surface area contributed by atoms with Crippen molar-refractivity contribution < 1.29 is 23.5 Å². The molecule has 4 aliphatic rings. The maximum atomic E-state index is 13.4. The van der Waals surface area contributed by atoms with Crippen LogP contribution in [-0.2, 0) is 16.2 Å². The molecule has 3 amide bonds. The summed E-state index contributed by atoms with van der Waals surface area (Å²) in [6.45, 7) is 3.95. The summed E-state index contributed by atoms with van der Waals surface area (Å²) in [6, 6.07) is 11.7. The van der Waals surface area contributed by atoms with Gasteiger partial charge in [-0.2, -0.15) is 0 Å². The fraction of sp³-hybridized carbons (Fsp3) is 0.536. The molecule has 4 bridgehead atoms. The summed E-state index contributed by atoms with van der Waals surface area (Å²) in [5, 5.41) is 3.03. The van der Waals surface area contributed by atoms with Crippen molar-refractivity contribution in [2.45, 2.75) is 65.0 Å². The van der Waals surface area contributed by atoms with Crippen LogP contribution in [0.25, 0.3) is 0 Å². The Balaban J connectivity index is 1.14. The van der Waals surface area contributed by atoms with Gasteiger partial charge in [0.1, 0.15) is 24.2 Å². The number of nitrogens with one attached hydrogen (secondary N) is 3. The van der Waals surface area contributed by atoms with Crippen LogP contribution in [0.1, 0.15) is 68.7 Å². The van der Waals surface area contributed by atoms with Crippen LogP contribution in [0.2, 0.25) is 0 Å². The standard InChI is InChI=1S/C28H35N3O5/c1-17(2)24(29-27(34)28-13-18-10-19(14-28)12-20(11-18)15-28)26(33)31-30-25(32)23-9-8-22(36-23)16-35-21-6-4-3-5-7-21/h3-9,17-20,24H,10-16H2,1-2H3,(H,29,34)(H,30,32)(H,31,33). The molecular formula is C28H35N3O5. The van der Waals surface area contributed by atoms with Gasteiger partial charge in [-0.15, -0.1) is 0 Å². The number of hydrogen-bond donors (Lipinski definition) is 3.